The van der Waals surface area contributed by atoms with Gasteiger partial charge < -0.3 is 15.5 Å². The van der Waals surface area contributed by atoms with Crippen LogP contribution in [-0.4, -0.2) is 55.4 Å². The van der Waals surface area contributed by atoms with Crippen LogP contribution in [0.15, 0.2) is 40.6 Å². The van der Waals surface area contributed by atoms with E-state index in [1.165, 1.54) is 18.4 Å². The molecule has 13 heteroatoms. The molecule has 1 aromatic rings. The molecule has 0 fully saturated rings. The summed E-state index contributed by atoms with van der Waals surface area (Å²) in [4.78, 5) is 17.4. The smallest absolute Gasteiger partial charge is 0.367 e. The summed E-state index contributed by atoms with van der Waals surface area (Å²) >= 11 is 5.79. The van der Waals surface area contributed by atoms with Gasteiger partial charge in [-0.3, -0.25) is 4.79 Å². The molecule has 0 aliphatic carbocycles. The summed E-state index contributed by atoms with van der Waals surface area (Å²) in [5.41, 5.74) is -0.639. The van der Waals surface area contributed by atoms with E-state index in [2.05, 4.69) is 20.0 Å². The Balaban J connectivity index is 1.51. The lowest BCUT2D eigenvalue weighted by molar-refractivity contribution is -0.137. The van der Waals surface area contributed by atoms with Gasteiger partial charge in [0.15, 0.2) is 0 Å². The van der Waals surface area contributed by atoms with E-state index in [1.54, 1.807) is 4.90 Å². The summed E-state index contributed by atoms with van der Waals surface area (Å²) in [6.07, 6.45) is 0.531. The van der Waals surface area contributed by atoms with E-state index in [-0.39, 0.29) is 42.1 Å². The Morgan fingerprint density at radius 1 is 1.28 bits per heavy atom. The summed E-state index contributed by atoms with van der Waals surface area (Å²) in [5, 5.41) is 5.19. The zero-order valence-electron chi connectivity index (χ0n) is 14.7. The normalized spacial score (nSPS) is 17.9. The summed E-state index contributed by atoms with van der Waals surface area (Å²) in [5.74, 6) is -0.221. The number of rotatable bonds is 5. The highest BCUT2D eigenvalue weighted by atomic mass is 35.5. The topological polar surface area (TPSA) is 104 Å². The Hall–Kier alpha value is -2.60. The van der Waals surface area contributed by atoms with E-state index in [4.69, 9.17) is 11.6 Å². The largest absolute Gasteiger partial charge is 0.417 e. The molecule has 1 amide bonds. The van der Waals surface area contributed by atoms with Gasteiger partial charge in [-0.1, -0.05) is 11.6 Å². The molecule has 0 atom stereocenters. The number of nitrogens with one attached hydrogen (secondary N) is 2. The molecule has 3 heterocycles. The number of carbonyl (C=O) groups excluding carboxylic acids is 1. The van der Waals surface area contributed by atoms with E-state index < -0.39 is 27.7 Å². The number of sulfonamides is 1. The van der Waals surface area contributed by atoms with Gasteiger partial charge in [-0.25, -0.2) is 13.4 Å². The van der Waals surface area contributed by atoms with Crippen LogP contribution >= 0.6 is 11.6 Å². The van der Waals surface area contributed by atoms with Crippen molar-refractivity contribution in [2.45, 2.75) is 6.18 Å². The van der Waals surface area contributed by atoms with Crippen LogP contribution in [0.4, 0.5) is 19.0 Å². The van der Waals surface area contributed by atoms with Crippen molar-refractivity contribution in [3.63, 3.8) is 0 Å². The van der Waals surface area contributed by atoms with Crippen LogP contribution in [0.1, 0.15) is 5.56 Å². The highest BCUT2D eigenvalue weighted by molar-refractivity contribution is 7.90. The molecule has 0 saturated heterocycles. The molecule has 0 spiro atoms. The molecule has 8 nitrogen and oxygen atoms in total. The number of nitrogens with zero attached hydrogens (tertiary/aromatic N) is 3. The second kappa shape index (κ2) is 8.03. The van der Waals surface area contributed by atoms with E-state index >= 15 is 0 Å². The van der Waals surface area contributed by atoms with Gasteiger partial charge >= 0.3 is 6.18 Å². The van der Waals surface area contributed by atoms with Crippen LogP contribution in [0.3, 0.4) is 0 Å². The van der Waals surface area contributed by atoms with Crippen molar-refractivity contribution >= 4 is 39.2 Å². The number of fused-ring (bicyclic) bond motifs is 1. The van der Waals surface area contributed by atoms with Crippen molar-refractivity contribution in [1.29, 1.82) is 0 Å². The summed E-state index contributed by atoms with van der Waals surface area (Å²) in [7, 11) is -3.47. The highest BCUT2D eigenvalue weighted by Gasteiger charge is 2.31. The van der Waals surface area contributed by atoms with Crippen LogP contribution in [0, 0.1) is 0 Å². The molecular weight excluding hydrogens is 435 g/mol. The van der Waals surface area contributed by atoms with Crippen LogP contribution < -0.4 is 10.6 Å². The minimum atomic E-state index is -4.53. The standard InChI is InChI=1S/C16H15ClF3N5O3S/c17-12-7-11(16(18,19)20)8-23-14(12)21-3-4-22-15(26)10-1-2-13-24-29(27,28)6-5-25(13)9-10/h1-2,7-9H,3-6H2,(H,21,23)(H,22,26). The molecule has 156 valence electrons. The number of hydrogen-bond donors (Lipinski definition) is 2. The predicted molar refractivity (Wildman–Crippen MR) is 101 cm³/mol. The first-order valence-electron chi connectivity index (χ1n) is 8.29. The Morgan fingerprint density at radius 3 is 2.72 bits per heavy atom. The third kappa shape index (κ3) is 5.26. The fourth-order valence-corrected chi connectivity index (χ4v) is 3.72. The minimum absolute atomic E-state index is 0.0704. The van der Waals surface area contributed by atoms with Gasteiger partial charge in [0.05, 0.1) is 21.9 Å². The number of amides is 1. The average Bonchev–Trinajstić information content (AvgIpc) is 2.64. The molecule has 2 aliphatic heterocycles. The fraction of sp³-hybridized carbons (Fsp3) is 0.312. The SMILES string of the molecule is O=C(NCCNc1ncc(C(F)(F)F)cc1Cl)C1=CN2CCS(=O)(=O)N=C2C=C1. The number of halogens is 4. The van der Waals surface area contributed by atoms with E-state index in [1.807, 2.05) is 0 Å². The van der Waals surface area contributed by atoms with Gasteiger partial charge in [-0.15, -0.1) is 4.40 Å². The monoisotopic (exact) mass is 449 g/mol. The lowest BCUT2D eigenvalue weighted by Gasteiger charge is -2.26. The molecule has 0 aromatic carbocycles. The maximum absolute atomic E-state index is 12.6. The number of alkyl halides is 3. The average molecular weight is 450 g/mol. The molecule has 0 saturated carbocycles. The maximum atomic E-state index is 12.6. The molecular formula is C16H15ClF3N5O3S. The fourth-order valence-electron chi connectivity index (χ4n) is 2.52. The summed E-state index contributed by atoms with van der Waals surface area (Å²) < 4.78 is 64.4. The van der Waals surface area contributed by atoms with Crippen molar-refractivity contribution in [2.75, 3.05) is 30.7 Å². The van der Waals surface area contributed by atoms with Gasteiger partial charge in [0.1, 0.15) is 11.7 Å². The number of aromatic nitrogens is 1. The van der Waals surface area contributed by atoms with Gasteiger partial charge in [0, 0.05) is 32.0 Å². The van der Waals surface area contributed by atoms with Crippen molar-refractivity contribution < 1.29 is 26.4 Å². The van der Waals surface area contributed by atoms with Gasteiger partial charge in [-0.05, 0) is 18.2 Å². The van der Waals surface area contributed by atoms with Crippen molar-refractivity contribution in [2.24, 2.45) is 4.40 Å². The van der Waals surface area contributed by atoms with Crippen molar-refractivity contribution in [3.05, 3.63) is 46.8 Å². The second-order valence-electron chi connectivity index (χ2n) is 6.08. The number of amidine groups is 1. The first kappa shape index (κ1) is 21.1. The van der Waals surface area contributed by atoms with E-state index in [9.17, 15) is 26.4 Å². The summed E-state index contributed by atoms with van der Waals surface area (Å²) in [6.45, 7) is 0.524. The second-order valence-corrected chi connectivity index (χ2v) is 8.24. The Labute approximate surface area is 169 Å². The van der Waals surface area contributed by atoms with Crippen LogP contribution in [0.5, 0.6) is 0 Å². The number of carbonyl (C=O) groups is 1. The van der Waals surface area contributed by atoms with Crippen molar-refractivity contribution in [3.8, 4) is 0 Å². The molecule has 1 aromatic heterocycles. The van der Waals surface area contributed by atoms with Crippen LogP contribution in [0.25, 0.3) is 0 Å². The molecule has 0 unspecified atom stereocenters. The summed E-state index contributed by atoms with van der Waals surface area (Å²) in [6, 6.07) is 0.769. The Kier molecular flexibility index (Phi) is 5.85. The van der Waals surface area contributed by atoms with Crippen molar-refractivity contribution in [1.82, 2.24) is 15.2 Å². The first-order valence-corrected chi connectivity index (χ1v) is 10.3. The van der Waals surface area contributed by atoms with Crippen LogP contribution in [-0.2, 0) is 21.0 Å². The molecule has 29 heavy (non-hydrogen) atoms. The molecule has 2 N–H and O–H groups in total. The Morgan fingerprint density at radius 2 is 2.03 bits per heavy atom. The molecule has 2 aliphatic rings. The Bertz CT molecular complexity index is 1020. The highest BCUT2D eigenvalue weighted by Crippen LogP contribution is 2.32. The zero-order valence-corrected chi connectivity index (χ0v) is 16.3. The minimum Gasteiger partial charge on any atom is -0.367 e. The molecule has 0 bridgehead atoms. The number of pyridine rings is 1. The quantitative estimate of drug-likeness (QED) is 0.664. The van der Waals surface area contributed by atoms with Gasteiger partial charge in [0.25, 0.3) is 15.9 Å². The maximum Gasteiger partial charge on any atom is 0.417 e. The van der Waals surface area contributed by atoms with Crippen LogP contribution in [0.2, 0.25) is 5.02 Å². The number of anilines is 1. The molecule has 3 rings (SSSR count). The van der Waals surface area contributed by atoms with Gasteiger partial charge in [-0.2, -0.15) is 13.2 Å². The lowest BCUT2D eigenvalue weighted by atomic mass is 10.2. The molecule has 0 radical (unpaired) electrons. The van der Waals surface area contributed by atoms with Gasteiger partial charge in [0.2, 0.25) is 0 Å². The van der Waals surface area contributed by atoms with E-state index in [0.29, 0.717) is 11.8 Å². The predicted octanol–water partition coefficient (Wildman–Crippen LogP) is 1.78. The van der Waals surface area contributed by atoms with E-state index in [0.717, 1.165) is 6.07 Å². The zero-order chi connectivity index (χ0) is 21.2. The third-order valence-corrected chi connectivity index (χ3v) is 5.41. The first-order chi connectivity index (χ1) is 13.5. The number of hydrogen-bond acceptors (Lipinski definition) is 6. The lowest BCUT2D eigenvalue weighted by Crippen LogP contribution is -2.38. The third-order valence-electron chi connectivity index (χ3n) is 3.96.